The standard InChI is InChI=1S/C6H4BrF3.Mg.2H/c7-6(10)2-1-4(8)3-5(6)9;;;/h1-3,5H;;;. The number of hydrogen-bond acceptors (Lipinski definition) is 0. The monoisotopic (exact) mass is 238 g/mol. The number of halogens is 4. The van der Waals surface area contributed by atoms with Crippen molar-refractivity contribution in [3.05, 3.63) is 24.1 Å². The van der Waals surface area contributed by atoms with Crippen molar-refractivity contribution in [2.24, 2.45) is 0 Å². The third kappa shape index (κ3) is 2.80. The largest absolute Gasteiger partial charge is 0.316 e. The number of hydrogen-bond donors (Lipinski definition) is 0. The lowest BCUT2D eigenvalue weighted by atomic mass is 10.1. The van der Waals surface area contributed by atoms with E-state index in [4.69, 9.17) is 0 Å². The highest BCUT2D eigenvalue weighted by Gasteiger charge is 2.35. The van der Waals surface area contributed by atoms with Gasteiger partial charge in [-0.05, 0) is 34.2 Å². The van der Waals surface area contributed by atoms with Crippen molar-refractivity contribution in [1.82, 2.24) is 0 Å². The third-order valence-electron chi connectivity index (χ3n) is 1.14. The molecule has 0 aromatic heterocycles. The van der Waals surface area contributed by atoms with Crippen LogP contribution < -0.4 is 0 Å². The molecule has 1 rings (SSSR count). The number of allylic oxidation sites excluding steroid dienone is 4. The molecule has 60 valence electrons. The Hall–Kier alpha value is 0.516. The van der Waals surface area contributed by atoms with Gasteiger partial charge < -0.3 is 0 Å². The SMILES string of the molecule is FC1=CC(F)C(F)(Br)C=C1.[MgH2]. The molecule has 5 heteroatoms. The summed E-state index contributed by atoms with van der Waals surface area (Å²) in [5.74, 6) is -0.750. The third-order valence-corrected chi connectivity index (χ3v) is 1.84. The summed E-state index contributed by atoms with van der Waals surface area (Å²) in [5, 5.41) is 0. The Morgan fingerprint density at radius 2 is 2.09 bits per heavy atom. The van der Waals surface area contributed by atoms with E-state index in [-0.39, 0.29) is 23.1 Å². The second-order valence-corrected chi connectivity index (χ2v) is 3.18. The maximum absolute atomic E-state index is 12.7. The first kappa shape index (κ1) is 11.5. The average molecular weight is 239 g/mol. The molecule has 0 bridgehead atoms. The van der Waals surface area contributed by atoms with Crippen molar-refractivity contribution < 1.29 is 13.2 Å². The van der Waals surface area contributed by atoms with Gasteiger partial charge in [0, 0.05) is 0 Å². The average Bonchev–Trinajstić information content (AvgIpc) is 1.81. The zero-order valence-corrected chi connectivity index (χ0v) is 6.41. The van der Waals surface area contributed by atoms with Crippen LogP contribution in [0.25, 0.3) is 0 Å². The quantitative estimate of drug-likeness (QED) is 0.447. The molecular formula is C6H6BrF3Mg. The van der Waals surface area contributed by atoms with Crippen LogP contribution in [-0.2, 0) is 0 Å². The van der Waals surface area contributed by atoms with E-state index in [2.05, 4.69) is 15.9 Å². The Morgan fingerprint density at radius 1 is 1.55 bits per heavy atom. The zero-order chi connectivity index (χ0) is 7.78. The number of rotatable bonds is 0. The van der Waals surface area contributed by atoms with Crippen LogP contribution in [-0.4, -0.2) is 33.8 Å². The van der Waals surface area contributed by atoms with Crippen molar-refractivity contribution in [2.45, 2.75) is 10.7 Å². The Labute approximate surface area is 86.8 Å². The van der Waals surface area contributed by atoms with Gasteiger partial charge in [0.2, 0.25) is 4.58 Å². The van der Waals surface area contributed by atoms with Crippen LogP contribution in [0.15, 0.2) is 24.1 Å². The summed E-state index contributed by atoms with van der Waals surface area (Å²) in [6.45, 7) is 0. The maximum Gasteiger partial charge on any atom is 0.316 e. The normalized spacial score (nSPS) is 36.0. The Kier molecular flexibility index (Phi) is 4.14. The van der Waals surface area contributed by atoms with Crippen molar-refractivity contribution in [3.63, 3.8) is 0 Å². The topological polar surface area (TPSA) is 0 Å². The maximum atomic E-state index is 12.7. The summed E-state index contributed by atoms with van der Waals surface area (Å²) >= 11 is 2.45. The van der Waals surface area contributed by atoms with Crippen LogP contribution in [0.4, 0.5) is 13.2 Å². The molecule has 0 aliphatic heterocycles. The highest BCUT2D eigenvalue weighted by atomic mass is 79.9. The second-order valence-electron chi connectivity index (χ2n) is 1.96. The summed E-state index contributed by atoms with van der Waals surface area (Å²) in [6.07, 6.45) is 0.310. The van der Waals surface area contributed by atoms with Gasteiger partial charge in [-0.3, -0.25) is 0 Å². The lowest BCUT2D eigenvalue weighted by Crippen LogP contribution is -2.25. The van der Waals surface area contributed by atoms with Crippen LogP contribution >= 0.6 is 15.9 Å². The van der Waals surface area contributed by atoms with Gasteiger partial charge in [-0.2, -0.15) is 0 Å². The first-order valence-corrected chi connectivity index (χ1v) is 3.40. The van der Waals surface area contributed by atoms with Gasteiger partial charge in [-0.25, -0.2) is 13.2 Å². The number of alkyl halides is 3. The first-order valence-electron chi connectivity index (χ1n) is 2.61. The molecule has 0 nitrogen and oxygen atoms in total. The minimum atomic E-state index is -2.23. The Balaban J connectivity index is 0.000001000. The molecule has 0 spiro atoms. The van der Waals surface area contributed by atoms with E-state index in [1.54, 1.807) is 0 Å². The van der Waals surface area contributed by atoms with Gasteiger partial charge >= 0.3 is 23.1 Å². The molecule has 1 aliphatic rings. The van der Waals surface area contributed by atoms with Crippen LogP contribution in [0.3, 0.4) is 0 Å². The van der Waals surface area contributed by atoms with Crippen LogP contribution in [0.1, 0.15) is 0 Å². The van der Waals surface area contributed by atoms with E-state index in [1.165, 1.54) is 0 Å². The molecular weight excluding hydrogens is 233 g/mol. The van der Waals surface area contributed by atoms with E-state index in [9.17, 15) is 13.2 Å². The van der Waals surface area contributed by atoms with Gasteiger partial charge in [-0.15, -0.1) is 0 Å². The molecule has 0 N–H and O–H groups in total. The van der Waals surface area contributed by atoms with Gasteiger partial charge in [0.05, 0.1) is 0 Å². The van der Waals surface area contributed by atoms with E-state index in [0.29, 0.717) is 6.08 Å². The van der Waals surface area contributed by atoms with Crippen LogP contribution in [0.5, 0.6) is 0 Å². The summed E-state index contributed by atoms with van der Waals surface area (Å²) in [6, 6.07) is 0. The van der Waals surface area contributed by atoms with E-state index < -0.39 is 16.6 Å². The molecule has 11 heavy (non-hydrogen) atoms. The van der Waals surface area contributed by atoms with Crippen LogP contribution in [0, 0.1) is 0 Å². The molecule has 0 fully saturated rings. The molecule has 2 atom stereocenters. The summed E-state index contributed by atoms with van der Waals surface area (Å²) < 4.78 is 35.0. The molecule has 0 aromatic carbocycles. The van der Waals surface area contributed by atoms with Gasteiger partial charge in [0.25, 0.3) is 0 Å². The molecule has 0 saturated carbocycles. The molecule has 0 amide bonds. The van der Waals surface area contributed by atoms with Gasteiger partial charge in [-0.1, -0.05) is 0 Å². The minimum absolute atomic E-state index is 0. The molecule has 1 aliphatic carbocycles. The molecule has 0 heterocycles. The molecule has 0 aromatic rings. The Morgan fingerprint density at radius 3 is 2.45 bits per heavy atom. The highest BCUT2D eigenvalue weighted by Crippen LogP contribution is 2.33. The fraction of sp³-hybridized carbons (Fsp3) is 0.333. The van der Waals surface area contributed by atoms with Crippen molar-refractivity contribution in [2.75, 3.05) is 0 Å². The summed E-state index contributed by atoms with van der Waals surface area (Å²) in [5.41, 5.74) is 0. The predicted molar refractivity (Wildman–Crippen MR) is 44.5 cm³/mol. The molecule has 0 radical (unpaired) electrons. The highest BCUT2D eigenvalue weighted by molar-refractivity contribution is 9.10. The summed E-state index contributed by atoms with van der Waals surface area (Å²) in [7, 11) is 0. The van der Waals surface area contributed by atoms with Crippen molar-refractivity contribution in [1.29, 1.82) is 0 Å². The fourth-order valence-electron chi connectivity index (χ4n) is 0.589. The minimum Gasteiger partial charge on any atom is -0.238 e. The lowest BCUT2D eigenvalue weighted by molar-refractivity contribution is 0.217. The van der Waals surface area contributed by atoms with Gasteiger partial charge in [0.15, 0.2) is 6.17 Å². The summed E-state index contributed by atoms with van der Waals surface area (Å²) in [4.78, 5) is 0. The van der Waals surface area contributed by atoms with E-state index >= 15 is 0 Å². The van der Waals surface area contributed by atoms with E-state index in [1.807, 2.05) is 0 Å². The van der Waals surface area contributed by atoms with E-state index in [0.717, 1.165) is 12.2 Å². The smallest absolute Gasteiger partial charge is 0.238 e. The molecule has 0 saturated heterocycles. The second kappa shape index (κ2) is 3.96. The van der Waals surface area contributed by atoms with Crippen molar-refractivity contribution >= 4 is 39.0 Å². The zero-order valence-electron chi connectivity index (χ0n) is 4.82. The predicted octanol–water partition coefficient (Wildman–Crippen LogP) is 1.89. The first-order chi connectivity index (χ1) is 4.52. The van der Waals surface area contributed by atoms with Crippen LogP contribution in [0.2, 0.25) is 0 Å². The van der Waals surface area contributed by atoms with Crippen molar-refractivity contribution in [3.8, 4) is 0 Å². The van der Waals surface area contributed by atoms with Gasteiger partial charge in [0.1, 0.15) is 5.83 Å². The molecule has 2 unspecified atom stereocenters. The fourth-order valence-corrected chi connectivity index (χ4v) is 0.853. The lowest BCUT2D eigenvalue weighted by Gasteiger charge is -2.18. The Bertz CT molecular complexity index is 200.